The Labute approximate surface area is 160 Å². The third-order valence-corrected chi connectivity index (χ3v) is 5.36. The molecule has 0 N–H and O–H groups in total. The molecule has 3 rings (SSSR count). The molecule has 0 fully saturated rings. The Morgan fingerprint density at radius 1 is 0.778 bits per heavy atom. The lowest BCUT2D eigenvalue weighted by molar-refractivity contribution is 0.419. The van der Waals surface area contributed by atoms with Crippen LogP contribution in [0, 0.1) is 6.92 Å². The zero-order valence-electron chi connectivity index (χ0n) is 15.2. The van der Waals surface area contributed by atoms with Crippen molar-refractivity contribution >= 4 is 16.4 Å². The van der Waals surface area contributed by atoms with Gasteiger partial charge in [0.1, 0.15) is 6.34 Å². The molecule has 3 aromatic carbocycles. The number of nitrogens with zero attached hydrogens (tertiary/aromatic N) is 2. The molecule has 3 aromatic rings. The van der Waals surface area contributed by atoms with Gasteiger partial charge >= 0.3 is 0 Å². The van der Waals surface area contributed by atoms with Gasteiger partial charge in [-0.05, 0) is 30.2 Å². The molecule has 0 atom stereocenters. The standard InChI is InChI=1S/C22H22N2O2S/c1-19-12-14-22(15-13-19)27(25,26)23-18-24(16-20-8-4-2-5-9-20)17-21-10-6-3-7-11-21/h2-15,18H,16-17H2,1H3/b23-18+. The van der Waals surface area contributed by atoms with E-state index in [-0.39, 0.29) is 4.90 Å². The minimum Gasteiger partial charge on any atom is -0.353 e. The molecule has 0 aliphatic heterocycles. The molecule has 0 aliphatic carbocycles. The van der Waals surface area contributed by atoms with E-state index in [9.17, 15) is 8.42 Å². The highest BCUT2D eigenvalue weighted by molar-refractivity contribution is 7.90. The minimum absolute atomic E-state index is 0.198. The van der Waals surface area contributed by atoms with Crippen LogP contribution >= 0.6 is 0 Å². The lowest BCUT2D eigenvalue weighted by Gasteiger charge is -2.19. The maximum absolute atomic E-state index is 12.5. The molecule has 27 heavy (non-hydrogen) atoms. The molecule has 0 heterocycles. The van der Waals surface area contributed by atoms with Crippen molar-refractivity contribution in [3.05, 3.63) is 102 Å². The van der Waals surface area contributed by atoms with Crippen molar-refractivity contribution in [1.82, 2.24) is 4.90 Å². The Kier molecular flexibility index (Phi) is 6.04. The van der Waals surface area contributed by atoms with E-state index in [0.717, 1.165) is 16.7 Å². The Balaban J connectivity index is 1.83. The average molecular weight is 378 g/mol. The first-order chi connectivity index (χ1) is 13.0. The maximum atomic E-state index is 12.5. The van der Waals surface area contributed by atoms with Gasteiger partial charge in [-0.25, -0.2) is 0 Å². The van der Waals surface area contributed by atoms with Crippen LogP contribution in [0.4, 0.5) is 0 Å². The summed E-state index contributed by atoms with van der Waals surface area (Å²) in [4.78, 5) is 2.10. The average Bonchev–Trinajstić information content (AvgIpc) is 2.68. The van der Waals surface area contributed by atoms with Crippen LogP contribution in [0.3, 0.4) is 0 Å². The molecule has 0 spiro atoms. The van der Waals surface area contributed by atoms with Crippen LogP contribution in [-0.4, -0.2) is 19.7 Å². The second kappa shape index (κ2) is 8.64. The summed E-state index contributed by atoms with van der Waals surface area (Å²) < 4.78 is 29.0. The van der Waals surface area contributed by atoms with Gasteiger partial charge in [-0.15, -0.1) is 4.40 Å². The number of benzene rings is 3. The van der Waals surface area contributed by atoms with E-state index in [2.05, 4.69) is 4.40 Å². The first-order valence-electron chi connectivity index (χ1n) is 8.72. The van der Waals surface area contributed by atoms with E-state index in [1.165, 1.54) is 6.34 Å². The van der Waals surface area contributed by atoms with Crippen LogP contribution in [-0.2, 0) is 23.1 Å². The number of hydrogen-bond acceptors (Lipinski definition) is 2. The van der Waals surface area contributed by atoms with E-state index in [4.69, 9.17) is 0 Å². The molecule has 0 radical (unpaired) electrons. The van der Waals surface area contributed by atoms with E-state index >= 15 is 0 Å². The van der Waals surface area contributed by atoms with Gasteiger partial charge in [-0.2, -0.15) is 8.42 Å². The minimum atomic E-state index is -3.73. The Bertz CT molecular complexity index is 942. The first-order valence-corrected chi connectivity index (χ1v) is 10.2. The summed E-state index contributed by atoms with van der Waals surface area (Å²) in [7, 11) is -3.73. The van der Waals surface area contributed by atoms with Crippen LogP contribution < -0.4 is 0 Å². The van der Waals surface area contributed by atoms with Gasteiger partial charge in [-0.1, -0.05) is 78.4 Å². The van der Waals surface area contributed by atoms with E-state index in [1.54, 1.807) is 24.3 Å². The summed E-state index contributed by atoms with van der Waals surface area (Å²) in [5, 5.41) is 0. The summed E-state index contributed by atoms with van der Waals surface area (Å²) in [5.41, 5.74) is 3.19. The summed E-state index contributed by atoms with van der Waals surface area (Å²) in [6.45, 7) is 3.06. The van der Waals surface area contributed by atoms with Gasteiger partial charge in [-0.3, -0.25) is 0 Å². The smallest absolute Gasteiger partial charge is 0.283 e. The molecule has 138 valence electrons. The molecular formula is C22H22N2O2S. The number of sulfonamides is 1. The second-order valence-electron chi connectivity index (χ2n) is 6.39. The third-order valence-electron chi connectivity index (χ3n) is 4.13. The highest BCUT2D eigenvalue weighted by atomic mass is 32.2. The lowest BCUT2D eigenvalue weighted by atomic mass is 10.2. The SMILES string of the molecule is Cc1ccc(S(=O)(=O)/N=C/N(Cc2ccccc2)Cc2ccccc2)cc1. The Hall–Kier alpha value is -2.92. The van der Waals surface area contributed by atoms with Crippen LogP contribution in [0.5, 0.6) is 0 Å². The van der Waals surface area contributed by atoms with Crippen LogP contribution in [0.15, 0.2) is 94.2 Å². The quantitative estimate of drug-likeness (QED) is 0.452. The maximum Gasteiger partial charge on any atom is 0.283 e. The van der Waals surface area contributed by atoms with E-state index < -0.39 is 10.0 Å². The van der Waals surface area contributed by atoms with Crippen molar-refractivity contribution in [1.29, 1.82) is 0 Å². The van der Waals surface area contributed by atoms with Gasteiger partial charge < -0.3 is 4.90 Å². The number of rotatable bonds is 7. The predicted octanol–water partition coefficient (Wildman–Crippen LogP) is 4.41. The van der Waals surface area contributed by atoms with Crippen molar-refractivity contribution in [2.75, 3.05) is 0 Å². The van der Waals surface area contributed by atoms with Gasteiger partial charge in [0.15, 0.2) is 0 Å². The third kappa shape index (κ3) is 5.53. The molecule has 0 unspecified atom stereocenters. The molecule has 5 heteroatoms. The molecular weight excluding hydrogens is 356 g/mol. The molecule has 0 aromatic heterocycles. The fourth-order valence-electron chi connectivity index (χ4n) is 2.67. The van der Waals surface area contributed by atoms with Gasteiger partial charge in [0.05, 0.1) is 4.90 Å². The van der Waals surface area contributed by atoms with Crippen LogP contribution in [0.2, 0.25) is 0 Å². The summed E-state index contributed by atoms with van der Waals surface area (Å²) in [6, 6.07) is 26.6. The van der Waals surface area contributed by atoms with Gasteiger partial charge in [0, 0.05) is 13.1 Å². The number of hydrogen-bond donors (Lipinski definition) is 0. The second-order valence-corrected chi connectivity index (χ2v) is 8.02. The highest BCUT2D eigenvalue weighted by Crippen LogP contribution is 2.14. The number of aryl methyl sites for hydroxylation is 1. The Morgan fingerprint density at radius 3 is 1.74 bits per heavy atom. The van der Waals surface area contributed by atoms with Crippen molar-refractivity contribution in [3.8, 4) is 0 Å². The van der Waals surface area contributed by atoms with Crippen molar-refractivity contribution in [2.45, 2.75) is 24.9 Å². The predicted molar refractivity (Wildman–Crippen MR) is 109 cm³/mol. The fraction of sp³-hybridized carbons (Fsp3) is 0.136. The zero-order valence-corrected chi connectivity index (χ0v) is 16.0. The van der Waals surface area contributed by atoms with E-state index in [1.807, 2.05) is 72.5 Å². The fourth-order valence-corrected chi connectivity index (χ4v) is 3.53. The summed E-state index contributed by atoms with van der Waals surface area (Å²) in [6.07, 6.45) is 1.43. The molecule has 0 saturated carbocycles. The van der Waals surface area contributed by atoms with Gasteiger partial charge in [0.2, 0.25) is 0 Å². The van der Waals surface area contributed by atoms with Crippen molar-refractivity contribution in [3.63, 3.8) is 0 Å². The largest absolute Gasteiger partial charge is 0.353 e. The van der Waals surface area contributed by atoms with Gasteiger partial charge in [0.25, 0.3) is 10.0 Å². The Morgan fingerprint density at radius 2 is 1.26 bits per heavy atom. The topological polar surface area (TPSA) is 49.7 Å². The molecule has 0 saturated heterocycles. The first kappa shape index (κ1) is 18.9. The summed E-state index contributed by atoms with van der Waals surface area (Å²) in [5.74, 6) is 0. The van der Waals surface area contributed by atoms with Crippen LogP contribution in [0.25, 0.3) is 0 Å². The van der Waals surface area contributed by atoms with Crippen LogP contribution in [0.1, 0.15) is 16.7 Å². The highest BCUT2D eigenvalue weighted by Gasteiger charge is 2.12. The van der Waals surface area contributed by atoms with Crippen molar-refractivity contribution in [2.24, 2.45) is 4.40 Å². The molecule has 0 aliphatic rings. The van der Waals surface area contributed by atoms with Crippen molar-refractivity contribution < 1.29 is 8.42 Å². The summed E-state index contributed by atoms with van der Waals surface area (Å²) >= 11 is 0. The normalized spacial score (nSPS) is 11.6. The monoisotopic (exact) mass is 378 g/mol. The zero-order chi connectivity index (χ0) is 19.1. The van der Waals surface area contributed by atoms with E-state index in [0.29, 0.717) is 13.1 Å². The lowest BCUT2D eigenvalue weighted by Crippen LogP contribution is -2.21. The molecule has 0 amide bonds. The molecule has 0 bridgehead atoms. The molecule has 4 nitrogen and oxygen atoms in total.